The third-order valence-corrected chi connectivity index (χ3v) is 3.77. The second-order valence-electron chi connectivity index (χ2n) is 5.38. The molecule has 0 atom stereocenters. The number of hydrogen-bond acceptors (Lipinski definition) is 2. The van der Waals surface area contributed by atoms with E-state index >= 15 is 0 Å². The molecular formula is C16H14FN3. The zero-order chi connectivity index (χ0) is 13.7. The van der Waals surface area contributed by atoms with E-state index in [-0.39, 0.29) is 5.82 Å². The first-order valence-corrected chi connectivity index (χ1v) is 6.82. The summed E-state index contributed by atoms with van der Waals surface area (Å²) in [5.74, 6) is 0.398. The molecule has 0 bridgehead atoms. The van der Waals surface area contributed by atoms with Gasteiger partial charge in [0.2, 0.25) is 0 Å². The van der Waals surface area contributed by atoms with Crippen LogP contribution in [0.5, 0.6) is 0 Å². The van der Waals surface area contributed by atoms with Gasteiger partial charge in [0.05, 0.1) is 22.8 Å². The van der Waals surface area contributed by atoms with Crippen LogP contribution in [0.15, 0.2) is 36.7 Å². The van der Waals surface area contributed by atoms with E-state index in [1.165, 1.54) is 11.8 Å². The molecule has 2 aromatic heterocycles. The molecule has 0 saturated heterocycles. The van der Waals surface area contributed by atoms with E-state index in [0.29, 0.717) is 17.4 Å². The second-order valence-corrected chi connectivity index (χ2v) is 5.38. The molecule has 100 valence electrons. The minimum absolute atomic E-state index is 0.318. The molecule has 1 saturated carbocycles. The van der Waals surface area contributed by atoms with Crippen LogP contribution in [0.3, 0.4) is 0 Å². The van der Waals surface area contributed by atoms with Gasteiger partial charge in [0.25, 0.3) is 0 Å². The summed E-state index contributed by atoms with van der Waals surface area (Å²) in [6.07, 6.45) is 5.13. The van der Waals surface area contributed by atoms with Crippen molar-refractivity contribution in [1.82, 2.24) is 14.5 Å². The number of imidazole rings is 1. The second kappa shape index (κ2) is 4.13. The van der Waals surface area contributed by atoms with Gasteiger partial charge in [-0.3, -0.25) is 4.98 Å². The third kappa shape index (κ3) is 1.72. The minimum atomic E-state index is -0.318. The fourth-order valence-corrected chi connectivity index (χ4v) is 2.66. The van der Waals surface area contributed by atoms with Gasteiger partial charge >= 0.3 is 0 Å². The van der Waals surface area contributed by atoms with Gasteiger partial charge in [-0.05, 0) is 43.5 Å². The summed E-state index contributed by atoms with van der Waals surface area (Å²) in [6, 6.07) is 8.36. The van der Waals surface area contributed by atoms with Crippen molar-refractivity contribution < 1.29 is 4.39 Å². The van der Waals surface area contributed by atoms with E-state index < -0.39 is 0 Å². The van der Waals surface area contributed by atoms with E-state index in [1.807, 2.05) is 6.92 Å². The predicted molar refractivity (Wildman–Crippen MR) is 75.9 cm³/mol. The molecule has 0 N–H and O–H groups in total. The predicted octanol–water partition coefficient (Wildman–Crippen LogP) is 3.88. The molecule has 1 aliphatic carbocycles. The van der Waals surface area contributed by atoms with Gasteiger partial charge in [-0.1, -0.05) is 6.07 Å². The summed E-state index contributed by atoms with van der Waals surface area (Å²) < 4.78 is 16.2. The van der Waals surface area contributed by atoms with Crippen LogP contribution in [-0.2, 0) is 0 Å². The molecule has 0 unspecified atom stereocenters. The van der Waals surface area contributed by atoms with Crippen LogP contribution >= 0.6 is 0 Å². The molecule has 2 heterocycles. The molecule has 0 spiro atoms. The molecule has 3 nitrogen and oxygen atoms in total. The zero-order valence-corrected chi connectivity index (χ0v) is 11.2. The highest BCUT2D eigenvalue weighted by atomic mass is 19.1. The standard InChI is InChI=1S/C16H14FN3/c1-10-2-5-15-14(8-10)19-16(20(15)11-3-4-11)12-6-7-18-9-13(12)17/h2,5-9,11H,3-4H2,1H3. The van der Waals surface area contributed by atoms with Gasteiger partial charge in [0.1, 0.15) is 5.82 Å². The highest BCUT2D eigenvalue weighted by Gasteiger charge is 2.29. The minimum Gasteiger partial charge on any atom is -0.321 e. The number of pyridine rings is 1. The van der Waals surface area contributed by atoms with Crippen molar-refractivity contribution in [2.24, 2.45) is 0 Å². The van der Waals surface area contributed by atoms with Crippen molar-refractivity contribution in [3.05, 3.63) is 48.0 Å². The van der Waals surface area contributed by atoms with Crippen LogP contribution < -0.4 is 0 Å². The number of nitrogens with zero attached hydrogens (tertiary/aromatic N) is 3. The van der Waals surface area contributed by atoms with Crippen LogP contribution in [0.25, 0.3) is 22.4 Å². The Labute approximate surface area is 116 Å². The fraction of sp³-hybridized carbons (Fsp3) is 0.250. The summed E-state index contributed by atoms with van der Waals surface area (Å²) in [5.41, 5.74) is 3.72. The largest absolute Gasteiger partial charge is 0.321 e. The molecule has 1 aliphatic rings. The molecule has 1 fully saturated rings. The number of fused-ring (bicyclic) bond motifs is 1. The molecule has 0 aliphatic heterocycles. The number of aromatic nitrogens is 3. The molecule has 3 aromatic rings. The lowest BCUT2D eigenvalue weighted by atomic mass is 10.2. The first-order chi connectivity index (χ1) is 9.74. The Morgan fingerprint density at radius 1 is 1.25 bits per heavy atom. The Morgan fingerprint density at radius 2 is 2.10 bits per heavy atom. The van der Waals surface area contributed by atoms with Crippen LogP contribution in [-0.4, -0.2) is 14.5 Å². The third-order valence-electron chi connectivity index (χ3n) is 3.77. The number of halogens is 1. The summed E-state index contributed by atoms with van der Waals surface area (Å²) in [7, 11) is 0. The van der Waals surface area contributed by atoms with Crippen molar-refractivity contribution >= 4 is 11.0 Å². The maximum atomic E-state index is 14.0. The van der Waals surface area contributed by atoms with Gasteiger partial charge in [0, 0.05) is 12.2 Å². The fourth-order valence-electron chi connectivity index (χ4n) is 2.66. The van der Waals surface area contributed by atoms with Gasteiger partial charge in [-0.25, -0.2) is 9.37 Å². The Morgan fingerprint density at radius 3 is 2.85 bits per heavy atom. The topological polar surface area (TPSA) is 30.7 Å². The van der Waals surface area contributed by atoms with Crippen molar-refractivity contribution in [3.8, 4) is 11.4 Å². The number of hydrogen-bond donors (Lipinski definition) is 0. The Bertz CT molecular complexity index is 803. The van der Waals surface area contributed by atoms with Crippen molar-refractivity contribution in [1.29, 1.82) is 0 Å². The number of aryl methyl sites for hydroxylation is 1. The number of rotatable bonds is 2. The first kappa shape index (κ1) is 11.6. The first-order valence-electron chi connectivity index (χ1n) is 6.82. The van der Waals surface area contributed by atoms with E-state index in [2.05, 4.69) is 32.7 Å². The lowest BCUT2D eigenvalue weighted by molar-refractivity contribution is 0.621. The van der Waals surface area contributed by atoms with Crippen molar-refractivity contribution in [3.63, 3.8) is 0 Å². The highest BCUT2D eigenvalue weighted by Crippen LogP contribution is 2.41. The maximum Gasteiger partial charge on any atom is 0.152 e. The van der Waals surface area contributed by atoms with Crippen LogP contribution in [0.1, 0.15) is 24.4 Å². The molecule has 0 radical (unpaired) electrons. The monoisotopic (exact) mass is 267 g/mol. The SMILES string of the molecule is Cc1ccc2c(c1)nc(-c1ccncc1F)n2C1CC1. The van der Waals surface area contributed by atoms with Crippen LogP contribution in [0.2, 0.25) is 0 Å². The lowest BCUT2D eigenvalue weighted by Crippen LogP contribution is -1.99. The maximum absolute atomic E-state index is 14.0. The van der Waals surface area contributed by atoms with E-state index in [0.717, 1.165) is 23.9 Å². The van der Waals surface area contributed by atoms with Gasteiger partial charge in [-0.15, -0.1) is 0 Å². The molecule has 4 heteroatoms. The van der Waals surface area contributed by atoms with Gasteiger partial charge < -0.3 is 4.57 Å². The summed E-state index contributed by atoms with van der Waals surface area (Å²) >= 11 is 0. The van der Waals surface area contributed by atoms with E-state index in [4.69, 9.17) is 0 Å². The Hall–Kier alpha value is -2.23. The molecule has 20 heavy (non-hydrogen) atoms. The molecule has 1 aromatic carbocycles. The summed E-state index contributed by atoms with van der Waals surface area (Å²) in [4.78, 5) is 8.48. The van der Waals surface area contributed by atoms with E-state index in [9.17, 15) is 4.39 Å². The van der Waals surface area contributed by atoms with Gasteiger partial charge in [0.15, 0.2) is 5.82 Å². The number of benzene rings is 1. The lowest BCUT2D eigenvalue weighted by Gasteiger charge is -2.08. The highest BCUT2D eigenvalue weighted by molar-refractivity contribution is 5.81. The van der Waals surface area contributed by atoms with Crippen LogP contribution in [0.4, 0.5) is 4.39 Å². The van der Waals surface area contributed by atoms with Crippen LogP contribution in [0, 0.1) is 12.7 Å². The molecular weight excluding hydrogens is 253 g/mol. The van der Waals surface area contributed by atoms with Gasteiger partial charge in [-0.2, -0.15) is 0 Å². The zero-order valence-electron chi connectivity index (χ0n) is 11.2. The Balaban J connectivity index is 2.03. The molecule has 0 amide bonds. The average Bonchev–Trinajstić information content (AvgIpc) is 3.20. The van der Waals surface area contributed by atoms with E-state index in [1.54, 1.807) is 12.3 Å². The van der Waals surface area contributed by atoms with Crippen molar-refractivity contribution in [2.45, 2.75) is 25.8 Å². The summed E-state index contributed by atoms with van der Waals surface area (Å²) in [5, 5.41) is 0. The summed E-state index contributed by atoms with van der Waals surface area (Å²) in [6.45, 7) is 2.04. The smallest absolute Gasteiger partial charge is 0.152 e. The average molecular weight is 267 g/mol. The normalized spacial score (nSPS) is 14.9. The quantitative estimate of drug-likeness (QED) is 0.705. The molecule has 4 rings (SSSR count). The Kier molecular flexibility index (Phi) is 2.39. The van der Waals surface area contributed by atoms with Crippen molar-refractivity contribution in [2.75, 3.05) is 0 Å².